The van der Waals surface area contributed by atoms with Crippen LogP contribution in [0.1, 0.15) is 35.2 Å². The van der Waals surface area contributed by atoms with Gasteiger partial charge in [-0.3, -0.25) is 9.69 Å². The molecule has 0 spiro atoms. The van der Waals surface area contributed by atoms with Crippen molar-refractivity contribution in [3.8, 4) is 11.5 Å². The smallest absolute Gasteiger partial charge is 0.253 e. The molecule has 0 aliphatic carbocycles. The maximum atomic E-state index is 12.8. The molecule has 3 aliphatic heterocycles. The van der Waals surface area contributed by atoms with Gasteiger partial charge >= 0.3 is 0 Å². The van der Waals surface area contributed by atoms with Crippen molar-refractivity contribution in [1.82, 2.24) is 9.80 Å². The number of anilines is 1. The highest BCUT2D eigenvalue weighted by molar-refractivity contribution is 5.94. The minimum Gasteiger partial charge on any atom is -0.486 e. The molecule has 3 aliphatic rings. The van der Waals surface area contributed by atoms with E-state index in [-0.39, 0.29) is 5.91 Å². The van der Waals surface area contributed by atoms with Crippen LogP contribution < -0.4 is 28.4 Å². The van der Waals surface area contributed by atoms with E-state index in [1.54, 1.807) is 0 Å². The number of carbonyl (C=O) groups is 1. The molecule has 2 fully saturated rings. The van der Waals surface area contributed by atoms with E-state index >= 15 is 0 Å². The number of piperidine rings is 1. The predicted octanol–water partition coefficient (Wildman–Crippen LogP) is -0.718. The van der Waals surface area contributed by atoms with Gasteiger partial charge in [0.2, 0.25) is 0 Å². The van der Waals surface area contributed by atoms with Gasteiger partial charge in [0, 0.05) is 51.4 Å². The van der Waals surface area contributed by atoms with Gasteiger partial charge in [0.15, 0.2) is 11.5 Å². The third kappa shape index (κ3) is 7.45. The number of carbonyl (C=O) groups excluding carboxylic acids is 1. The number of rotatable bonds is 4. The van der Waals surface area contributed by atoms with Crippen LogP contribution in [-0.4, -0.2) is 72.8 Å². The first-order chi connectivity index (χ1) is 17.3. The molecule has 3 heterocycles. The second kappa shape index (κ2) is 12.1. The second-order valence-electron chi connectivity index (χ2n) is 9.01. The molecule has 2 saturated heterocycles. The lowest BCUT2D eigenvalue weighted by Gasteiger charge is -2.37. The highest BCUT2D eigenvalue weighted by atomic mass is 35.7. The number of benzene rings is 2. The zero-order valence-electron chi connectivity index (χ0n) is 20.1. The fraction of sp³-hybridized carbons (Fsp3) is 0.480. The highest BCUT2D eigenvalue weighted by Crippen LogP contribution is 2.39. The van der Waals surface area contributed by atoms with E-state index in [0.717, 1.165) is 81.4 Å². The third-order valence-electron chi connectivity index (χ3n) is 6.48. The van der Waals surface area contributed by atoms with E-state index < -0.39 is 10.2 Å². The van der Waals surface area contributed by atoms with Gasteiger partial charge in [-0.25, -0.2) is 0 Å². The summed E-state index contributed by atoms with van der Waals surface area (Å²) >= 11 is 0. The number of amides is 1. The van der Waals surface area contributed by atoms with E-state index in [4.69, 9.17) is 28.1 Å². The molecule has 2 aromatic carbocycles. The van der Waals surface area contributed by atoms with Gasteiger partial charge in [0.1, 0.15) is 13.2 Å². The fourth-order valence-corrected chi connectivity index (χ4v) is 4.79. The average molecular weight is 522 g/mol. The Balaban J connectivity index is 0.000000556. The first-order valence-corrected chi connectivity index (χ1v) is 13.4. The molecule has 0 unspecified atom stereocenters. The number of nitrogens with zero attached hydrogens (tertiary/aromatic N) is 3. The predicted molar refractivity (Wildman–Crippen MR) is 123 cm³/mol. The zero-order valence-corrected chi connectivity index (χ0v) is 20.9. The van der Waals surface area contributed by atoms with Crippen molar-refractivity contribution >= 4 is 11.6 Å². The summed E-state index contributed by atoms with van der Waals surface area (Å²) in [4.78, 5) is 19.7. The Morgan fingerprint density at radius 3 is 2.28 bits per heavy atom. The summed E-state index contributed by atoms with van der Waals surface area (Å²) in [6.07, 6.45) is 3.48. The van der Waals surface area contributed by atoms with Crippen molar-refractivity contribution in [2.45, 2.75) is 25.8 Å². The number of piperazine rings is 1. The molecule has 11 heteroatoms. The van der Waals surface area contributed by atoms with Crippen molar-refractivity contribution in [2.24, 2.45) is 0 Å². The zero-order chi connectivity index (χ0) is 25.5. The van der Waals surface area contributed by atoms with Crippen molar-refractivity contribution in [1.29, 1.82) is 0 Å². The summed E-state index contributed by atoms with van der Waals surface area (Å²) in [6, 6.07) is 14.3. The third-order valence-corrected chi connectivity index (χ3v) is 6.48. The molecule has 1 amide bonds. The minimum atomic E-state index is -4.69. The van der Waals surface area contributed by atoms with E-state index in [9.17, 15) is 4.79 Å². The first kappa shape index (κ1) is 26.5. The van der Waals surface area contributed by atoms with Crippen molar-refractivity contribution in [2.75, 3.05) is 57.4 Å². The van der Waals surface area contributed by atoms with Gasteiger partial charge in [0.05, 0.1) is 20.6 Å². The summed E-state index contributed by atoms with van der Waals surface area (Å²) in [5.74, 6) is 1.91. The number of ether oxygens (including phenoxy) is 2. The Morgan fingerprint density at radius 2 is 1.56 bits per heavy atom. The van der Waals surface area contributed by atoms with Crippen LogP contribution in [0.5, 0.6) is 11.5 Å². The quantitative estimate of drug-likeness (QED) is 0.553. The summed E-state index contributed by atoms with van der Waals surface area (Å²) in [5, 5.41) is 0. The SMILES string of the molecule is O=C(c1cccc(CN2CCN(c3cccc4c3OCCO4)CC2)c1)N1CCCCC1.[O-][Cl+3]([O-])([O-])O. The maximum Gasteiger partial charge on any atom is 0.253 e. The van der Waals surface area contributed by atoms with E-state index in [1.165, 1.54) is 12.0 Å². The fourth-order valence-electron chi connectivity index (χ4n) is 4.79. The molecule has 1 N–H and O–H groups in total. The van der Waals surface area contributed by atoms with E-state index in [2.05, 4.69) is 28.0 Å². The minimum absolute atomic E-state index is 0.183. The molecule has 0 saturated carbocycles. The molecule has 36 heavy (non-hydrogen) atoms. The van der Waals surface area contributed by atoms with Crippen LogP contribution in [0.25, 0.3) is 0 Å². The summed E-state index contributed by atoms with van der Waals surface area (Å²) in [7, 11) is -4.69. The van der Waals surface area contributed by atoms with E-state index in [1.807, 2.05) is 29.2 Å². The second-order valence-corrected chi connectivity index (χ2v) is 9.81. The lowest BCUT2D eigenvalue weighted by Crippen LogP contribution is -2.58. The monoisotopic (exact) mass is 521 g/mol. The van der Waals surface area contributed by atoms with Gasteiger partial charge in [-0.1, -0.05) is 18.2 Å². The van der Waals surface area contributed by atoms with Crippen LogP contribution in [0.15, 0.2) is 42.5 Å². The van der Waals surface area contributed by atoms with Crippen molar-refractivity contribution in [3.63, 3.8) is 0 Å². The normalized spacial score (nSPS) is 18.3. The number of fused-ring (bicyclic) bond motifs is 1. The highest BCUT2D eigenvalue weighted by Gasteiger charge is 2.24. The summed E-state index contributed by atoms with van der Waals surface area (Å²) < 4.78 is 44.4. The van der Waals surface area contributed by atoms with Crippen LogP contribution in [0.4, 0.5) is 5.69 Å². The molecule has 10 nitrogen and oxygen atoms in total. The van der Waals surface area contributed by atoms with Gasteiger partial charge in [-0.2, -0.15) is 14.0 Å². The first-order valence-electron chi connectivity index (χ1n) is 12.2. The lowest BCUT2D eigenvalue weighted by atomic mass is 10.1. The number of hydrogen-bond acceptors (Lipinski definition) is 9. The Labute approximate surface area is 213 Å². The summed E-state index contributed by atoms with van der Waals surface area (Å²) in [6.45, 7) is 7.75. The van der Waals surface area contributed by atoms with Crippen molar-refractivity contribution < 1.29 is 43.1 Å². The number of hydrogen-bond donors (Lipinski definition) is 1. The maximum absolute atomic E-state index is 12.8. The van der Waals surface area contributed by atoms with Crippen LogP contribution >= 0.6 is 0 Å². The van der Waals surface area contributed by atoms with Gasteiger partial charge in [0.25, 0.3) is 5.91 Å². The Morgan fingerprint density at radius 1 is 0.889 bits per heavy atom. The molecule has 0 radical (unpaired) electrons. The molecule has 0 atom stereocenters. The number of likely N-dealkylation sites (tertiary alicyclic amines) is 1. The molecule has 196 valence electrons. The standard InChI is InChI=1S/C25H31N3O3.ClHO4/c29-25(28-10-2-1-3-11-28)21-7-4-6-20(18-21)19-26-12-14-27(15-13-26)22-8-5-9-23-24(22)31-17-16-30-23;2-1(3,4)5/h4-9,18H,1-3,10-17,19H2;(H,2,3,4,5). The Kier molecular flexibility index (Phi) is 8.89. The van der Waals surface area contributed by atoms with Crippen LogP contribution in [0.3, 0.4) is 0 Å². The molecular weight excluding hydrogens is 490 g/mol. The molecular formula is C25H32ClN3O7. The topological polar surface area (TPSA) is 135 Å². The summed E-state index contributed by atoms with van der Waals surface area (Å²) in [5.41, 5.74) is 3.17. The molecule has 0 aromatic heterocycles. The van der Waals surface area contributed by atoms with Crippen LogP contribution in [0, 0.1) is 10.2 Å². The molecule has 2 aromatic rings. The molecule has 5 rings (SSSR count). The van der Waals surface area contributed by atoms with Gasteiger partial charge < -0.3 is 19.3 Å². The number of halogens is 1. The van der Waals surface area contributed by atoms with Crippen molar-refractivity contribution in [3.05, 3.63) is 53.6 Å². The van der Waals surface area contributed by atoms with Gasteiger partial charge in [-0.05, 0) is 49.1 Å². The van der Waals surface area contributed by atoms with E-state index in [0.29, 0.717) is 13.2 Å². The Hall–Kier alpha value is -2.60. The average Bonchev–Trinajstić information content (AvgIpc) is 2.88. The van der Waals surface area contributed by atoms with Crippen LogP contribution in [0.2, 0.25) is 0 Å². The van der Waals surface area contributed by atoms with Gasteiger partial charge in [-0.15, -0.1) is 0 Å². The molecule has 0 bridgehead atoms. The number of para-hydroxylation sites is 1. The largest absolute Gasteiger partial charge is 0.486 e. The lowest BCUT2D eigenvalue weighted by molar-refractivity contribution is -1.92. The van der Waals surface area contributed by atoms with Crippen LogP contribution in [-0.2, 0) is 6.54 Å². The Bertz CT molecular complexity index is 1010.